The first-order valence-corrected chi connectivity index (χ1v) is 5.61. The second-order valence-corrected chi connectivity index (χ2v) is 4.62. The number of piperidine rings is 1. The summed E-state index contributed by atoms with van der Waals surface area (Å²) in [4.78, 5) is 13.4. The van der Waals surface area contributed by atoms with Gasteiger partial charge in [0, 0.05) is 20.2 Å². The zero-order chi connectivity index (χ0) is 12.2. The molecule has 1 fully saturated rings. The molecule has 1 heterocycles. The van der Waals surface area contributed by atoms with Gasteiger partial charge in [0.1, 0.15) is 6.04 Å². The van der Waals surface area contributed by atoms with Crippen molar-refractivity contribution in [3.63, 3.8) is 0 Å². The minimum atomic E-state index is -0.566. The van der Waals surface area contributed by atoms with Crippen LogP contribution in [0, 0.1) is 0 Å². The van der Waals surface area contributed by atoms with Crippen LogP contribution in [-0.2, 0) is 14.3 Å². The van der Waals surface area contributed by atoms with Gasteiger partial charge in [-0.2, -0.15) is 0 Å². The van der Waals surface area contributed by atoms with Crippen molar-refractivity contribution in [3.8, 4) is 0 Å². The van der Waals surface area contributed by atoms with Gasteiger partial charge in [0.05, 0.1) is 12.7 Å². The summed E-state index contributed by atoms with van der Waals surface area (Å²) in [6, 6.07) is -0.566. The van der Waals surface area contributed by atoms with Crippen molar-refractivity contribution in [2.75, 3.05) is 33.9 Å². The molecule has 94 valence electrons. The fourth-order valence-corrected chi connectivity index (χ4v) is 2.13. The third-order valence-electron chi connectivity index (χ3n) is 3.19. The minimum absolute atomic E-state index is 0.117. The number of carbonyl (C=O) groups excluding carboxylic acids is 1. The number of carbonyl (C=O) groups is 1. The van der Waals surface area contributed by atoms with Crippen LogP contribution in [0.15, 0.2) is 0 Å². The number of ether oxygens (including phenoxy) is 2. The molecule has 0 spiro atoms. The van der Waals surface area contributed by atoms with Gasteiger partial charge >= 0.3 is 5.97 Å². The Morgan fingerprint density at radius 3 is 2.81 bits per heavy atom. The van der Waals surface area contributed by atoms with Crippen LogP contribution >= 0.6 is 0 Å². The molecule has 1 aliphatic rings. The Morgan fingerprint density at radius 2 is 2.25 bits per heavy atom. The maximum absolute atomic E-state index is 11.2. The van der Waals surface area contributed by atoms with E-state index in [0.29, 0.717) is 6.54 Å². The van der Waals surface area contributed by atoms with Gasteiger partial charge in [-0.3, -0.25) is 9.69 Å². The van der Waals surface area contributed by atoms with E-state index in [1.165, 1.54) is 7.11 Å². The summed E-state index contributed by atoms with van der Waals surface area (Å²) in [5.41, 5.74) is 5.61. The number of esters is 1. The molecule has 0 amide bonds. The molecule has 0 aromatic heterocycles. The van der Waals surface area contributed by atoms with E-state index in [1.807, 2.05) is 0 Å². The second-order valence-electron chi connectivity index (χ2n) is 4.62. The lowest BCUT2D eigenvalue weighted by atomic mass is 9.94. The molecule has 0 aromatic carbocycles. The number of likely N-dealkylation sites (tertiary alicyclic amines) is 1. The van der Waals surface area contributed by atoms with Crippen molar-refractivity contribution in [2.45, 2.75) is 31.4 Å². The van der Waals surface area contributed by atoms with Crippen LogP contribution in [0.3, 0.4) is 0 Å². The fraction of sp³-hybridized carbons (Fsp3) is 0.909. The third-order valence-corrected chi connectivity index (χ3v) is 3.19. The van der Waals surface area contributed by atoms with Gasteiger partial charge in [-0.1, -0.05) is 0 Å². The van der Waals surface area contributed by atoms with Crippen molar-refractivity contribution in [1.82, 2.24) is 4.90 Å². The van der Waals surface area contributed by atoms with Crippen LogP contribution < -0.4 is 5.73 Å². The topological polar surface area (TPSA) is 64.8 Å². The van der Waals surface area contributed by atoms with Crippen molar-refractivity contribution in [2.24, 2.45) is 5.73 Å². The molecule has 0 radical (unpaired) electrons. The Morgan fingerprint density at radius 1 is 1.56 bits per heavy atom. The van der Waals surface area contributed by atoms with E-state index in [2.05, 4.69) is 16.6 Å². The summed E-state index contributed by atoms with van der Waals surface area (Å²) < 4.78 is 10.1. The highest BCUT2D eigenvalue weighted by molar-refractivity contribution is 5.75. The average molecular weight is 230 g/mol. The standard InChI is InChI=1S/C11H22N2O3/c1-11(16-3)5-4-6-13(8-11)7-9(12)10(14)15-2/h9H,4-8,12H2,1-3H3. The van der Waals surface area contributed by atoms with Gasteiger partial charge in [-0.05, 0) is 26.3 Å². The molecule has 5 nitrogen and oxygen atoms in total. The molecule has 1 saturated heterocycles. The van der Waals surface area contributed by atoms with E-state index in [9.17, 15) is 4.79 Å². The van der Waals surface area contributed by atoms with Crippen molar-refractivity contribution in [3.05, 3.63) is 0 Å². The number of rotatable bonds is 4. The third kappa shape index (κ3) is 3.43. The van der Waals surface area contributed by atoms with Gasteiger partial charge in [-0.25, -0.2) is 0 Å². The van der Waals surface area contributed by atoms with Crippen molar-refractivity contribution in [1.29, 1.82) is 0 Å². The summed E-state index contributed by atoms with van der Waals surface area (Å²) >= 11 is 0. The van der Waals surface area contributed by atoms with Crippen molar-refractivity contribution >= 4 is 5.97 Å². The minimum Gasteiger partial charge on any atom is -0.468 e. The monoisotopic (exact) mass is 230 g/mol. The van der Waals surface area contributed by atoms with E-state index in [4.69, 9.17) is 10.5 Å². The Hall–Kier alpha value is -0.650. The highest BCUT2D eigenvalue weighted by Gasteiger charge is 2.32. The van der Waals surface area contributed by atoms with Gasteiger partial charge in [0.2, 0.25) is 0 Å². The first kappa shape index (κ1) is 13.4. The van der Waals surface area contributed by atoms with Gasteiger partial charge < -0.3 is 15.2 Å². The maximum atomic E-state index is 11.2. The lowest BCUT2D eigenvalue weighted by Gasteiger charge is -2.40. The van der Waals surface area contributed by atoms with Crippen molar-refractivity contribution < 1.29 is 14.3 Å². The molecule has 0 aromatic rings. The number of methoxy groups -OCH3 is 2. The molecule has 0 bridgehead atoms. The van der Waals surface area contributed by atoms with Crippen LogP contribution in [0.4, 0.5) is 0 Å². The molecule has 5 heteroatoms. The van der Waals surface area contributed by atoms with Crippen LogP contribution in [0.1, 0.15) is 19.8 Å². The molecule has 0 aliphatic carbocycles. The Kier molecular flexibility index (Phi) is 4.70. The van der Waals surface area contributed by atoms with Gasteiger partial charge in [0.25, 0.3) is 0 Å². The lowest BCUT2D eigenvalue weighted by molar-refractivity contribution is -0.143. The zero-order valence-corrected chi connectivity index (χ0v) is 10.4. The average Bonchev–Trinajstić information content (AvgIpc) is 2.28. The normalized spacial score (nSPS) is 28.8. The molecular weight excluding hydrogens is 208 g/mol. The highest BCUT2D eigenvalue weighted by Crippen LogP contribution is 2.23. The quantitative estimate of drug-likeness (QED) is 0.688. The summed E-state index contributed by atoms with van der Waals surface area (Å²) in [7, 11) is 3.08. The first-order chi connectivity index (χ1) is 7.50. The maximum Gasteiger partial charge on any atom is 0.323 e. The zero-order valence-electron chi connectivity index (χ0n) is 10.4. The van der Waals surface area contributed by atoms with Crippen LogP contribution in [0.2, 0.25) is 0 Å². The Bertz CT molecular complexity index is 247. The fourth-order valence-electron chi connectivity index (χ4n) is 2.13. The van der Waals surface area contributed by atoms with E-state index in [0.717, 1.165) is 25.9 Å². The van der Waals surface area contributed by atoms with Crippen LogP contribution in [0.25, 0.3) is 0 Å². The molecule has 0 saturated carbocycles. The van der Waals surface area contributed by atoms with Crippen LogP contribution in [0.5, 0.6) is 0 Å². The predicted octanol–water partition coefficient (Wildman–Crippen LogP) is -0.0124. The second kappa shape index (κ2) is 5.61. The summed E-state index contributed by atoms with van der Waals surface area (Å²) in [6.07, 6.45) is 2.12. The molecular formula is C11H22N2O3. The first-order valence-electron chi connectivity index (χ1n) is 5.61. The Balaban J connectivity index is 2.46. The van der Waals surface area contributed by atoms with E-state index in [1.54, 1.807) is 7.11 Å². The summed E-state index contributed by atoms with van der Waals surface area (Å²) in [5.74, 6) is -0.357. The number of nitrogens with two attached hydrogens (primary N) is 1. The summed E-state index contributed by atoms with van der Waals surface area (Å²) in [5, 5.41) is 0. The number of hydrogen-bond donors (Lipinski definition) is 1. The van der Waals surface area contributed by atoms with Gasteiger partial charge in [0.15, 0.2) is 0 Å². The van der Waals surface area contributed by atoms with E-state index < -0.39 is 6.04 Å². The molecule has 2 N–H and O–H groups in total. The van der Waals surface area contributed by atoms with Crippen LogP contribution in [-0.4, -0.2) is 56.4 Å². The van der Waals surface area contributed by atoms with E-state index >= 15 is 0 Å². The predicted molar refractivity (Wildman–Crippen MR) is 61.1 cm³/mol. The summed E-state index contributed by atoms with van der Waals surface area (Å²) in [6.45, 7) is 4.40. The molecule has 1 rings (SSSR count). The molecule has 16 heavy (non-hydrogen) atoms. The SMILES string of the molecule is COC(=O)C(N)CN1CCCC(C)(OC)C1. The Labute approximate surface area is 96.9 Å². The smallest absolute Gasteiger partial charge is 0.323 e. The largest absolute Gasteiger partial charge is 0.468 e. The highest BCUT2D eigenvalue weighted by atomic mass is 16.5. The number of hydrogen-bond acceptors (Lipinski definition) is 5. The van der Waals surface area contributed by atoms with Gasteiger partial charge in [-0.15, -0.1) is 0 Å². The lowest BCUT2D eigenvalue weighted by Crippen LogP contribution is -2.52. The van der Waals surface area contributed by atoms with E-state index in [-0.39, 0.29) is 11.6 Å². The number of nitrogens with zero attached hydrogens (tertiary/aromatic N) is 1. The molecule has 1 aliphatic heterocycles. The molecule has 2 atom stereocenters. The molecule has 2 unspecified atom stereocenters.